The number of aryl methyl sites for hydroxylation is 1. The number of hydrogen-bond acceptors (Lipinski definition) is 4. The number of amides is 1. The molecule has 3 rings (SSSR count). The maximum atomic E-state index is 12.3. The van der Waals surface area contributed by atoms with Gasteiger partial charge in [0.25, 0.3) is 0 Å². The summed E-state index contributed by atoms with van der Waals surface area (Å²) in [7, 11) is 0. The second kappa shape index (κ2) is 7.03. The first kappa shape index (κ1) is 17.1. The third-order valence-electron chi connectivity index (χ3n) is 3.94. The predicted octanol–water partition coefficient (Wildman–Crippen LogP) is 4.16. The van der Waals surface area contributed by atoms with Crippen molar-refractivity contribution in [3.8, 4) is 11.5 Å². The largest absolute Gasteiger partial charge is 0.486 e. The molecule has 0 atom stereocenters. The van der Waals surface area contributed by atoms with E-state index in [1.807, 2.05) is 44.2 Å². The average Bonchev–Trinajstić information content (AvgIpc) is 2.97. The van der Waals surface area contributed by atoms with Crippen LogP contribution in [0.5, 0.6) is 11.5 Å². The van der Waals surface area contributed by atoms with Crippen molar-refractivity contribution >= 4 is 28.8 Å². The molecule has 6 heteroatoms. The summed E-state index contributed by atoms with van der Waals surface area (Å²) in [6.45, 7) is 5.09. The van der Waals surface area contributed by atoms with E-state index < -0.39 is 5.54 Å². The SMILES string of the molecule is CC(C)(NC(=O)CCc1ccc(Cl)s1)c1ccc2c(c1)OCCO2. The Morgan fingerprint density at radius 3 is 2.67 bits per heavy atom. The molecule has 0 radical (unpaired) electrons. The smallest absolute Gasteiger partial charge is 0.221 e. The van der Waals surface area contributed by atoms with Gasteiger partial charge in [0.2, 0.25) is 5.91 Å². The molecule has 1 aliphatic rings. The summed E-state index contributed by atoms with van der Waals surface area (Å²) in [5, 5.41) is 3.09. The Kier molecular flexibility index (Phi) is 5.01. The highest BCUT2D eigenvalue weighted by Crippen LogP contribution is 2.34. The lowest BCUT2D eigenvalue weighted by Crippen LogP contribution is -2.41. The van der Waals surface area contributed by atoms with Gasteiger partial charge < -0.3 is 14.8 Å². The number of hydrogen-bond donors (Lipinski definition) is 1. The Morgan fingerprint density at radius 2 is 1.96 bits per heavy atom. The van der Waals surface area contributed by atoms with Gasteiger partial charge >= 0.3 is 0 Å². The summed E-state index contributed by atoms with van der Waals surface area (Å²) >= 11 is 7.43. The summed E-state index contributed by atoms with van der Waals surface area (Å²) in [6.07, 6.45) is 1.13. The van der Waals surface area contributed by atoms with Gasteiger partial charge in [-0.25, -0.2) is 0 Å². The number of benzene rings is 1. The van der Waals surface area contributed by atoms with Crippen molar-refractivity contribution in [1.29, 1.82) is 0 Å². The summed E-state index contributed by atoms with van der Waals surface area (Å²) in [6, 6.07) is 9.62. The van der Waals surface area contributed by atoms with Crippen molar-refractivity contribution in [3.63, 3.8) is 0 Å². The van der Waals surface area contributed by atoms with Crippen molar-refractivity contribution in [2.45, 2.75) is 32.2 Å². The highest BCUT2D eigenvalue weighted by molar-refractivity contribution is 7.16. The van der Waals surface area contributed by atoms with Gasteiger partial charge in [-0.3, -0.25) is 4.79 Å². The molecule has 24 heavy (non-hydrogen) atoms. The normalized spacial score (nSPS) is 13.6. The van der Waals surface area contributed by atoms with Crippen LogP contribution in [0.1, 0.15) is 30.7 Å². The van der Waals surface area contributed by atoms with Crippen LogP contribution in [0.2, 0.25) is 4.34 Å². The lowest BCUT2D eigenvalue weighted by atomic mass is 9.93. The number of ether oxygens (including phenoxy) is 2. The molecular weight excluding hydrogens is 346 g/mol. The van der Waals surface area contributed by atoms with Gasteiger partial charge in [-0.2, -0.15) is 0 Å². The minimum atomic E-state index is -0.486. The number of fused-ring (bicyclic) bond motifs is 1. The maximum Gasteiger partial charge on any atom is 0.221 e. The first-order valence-electron chi connectivity index (χ1n) is 7.89. The molecular formula is C18H20ClNO3S. The molecule has 0 fully saturated rings. The summed E-state index contributed by atoms with van der Waals surface area (Å²) in [4.78, 5) is 13.4. The van der Waals surface area contributed by atoms with E-state index in [1.54, 1.807) is 0 Å². The first-order valence-corrected chi connectivity index (χ1v) is 9.09. The van der Waals surface area contributed by atoms with Crippen molar-refractivity contribution in [2.75, 3.05) is 13.2 Å². The third-order valence-corrected chi connectivity index (χ3v) is 5.23. The Morgan fingerprint density at radius 1 is 1.21 bits per heavy atom. The van der Waals surface area contributed by atoms with E-state index in [0.717, 1.165) is 26.3 Å². The van der Waals surface area contributed by atoms with Crippen molar-refractivity contribution in [1.82, 2.24) is 5.32 Å². The van der Waals surface area contributed by atoms with Crippen molar-refractivity contribution in [2.24, 2.45) is 0 Å². The molecule has 1 aromatic carbocycles. The Hall–Kier alpha value is -1.72. The maximum absolute atomic E-state index is 12.3. The van der Waals surface area contributed by atoms with Crippen LogP contribution in [0.3, 0.4) is 0 Å². The molecule has 0 spiro atoms. The molecule has 0 bridgehead atoms. The topological polar surface area (TPSA) is 47.6 Å². The van der Waals surface area contributed by atoms with Crippen LogP contribution in [0.15, 0.2) is 30.3 Å². The average molecular weight is 366 g/mol. The van der Waals surface area contributed by atoms with Crippen molar-refractivity contribution in [3.05, 3.63) is 45.1 Å². The molecule has 2 heterocycles. The molecule has 1 N–H and O–H groups in total. The molecule has 128 valence electrons. The van der Waals surface area contributed by atoms with E-state index >= 15 is 0 Å². The van der Waals surface area contributed by atoms with Gasteiger partial charge in [-0.15, -0.1) is 11.3 Å². The van der Waals surface area contributed by atoms with Crippen LogP contribution < -0.4 is 14.8 Å². The quantitative estimate of drug-likeness (QED) is 0.865. The van der Waals surface area contributed by atoms with Crippen LogP contribution in [0.25, 0.3) is 0 Å². The zero-order valence-corrected chi connectivity index (χ0v) is 15.3. The summed E-state index contributed by atoms with van der Waals surface area (Å²) < 4.78 is 11.9. The van der Waals surface area contributed by atoms with Gasteiger partial charge in [0, 0.05) is 11.3 Å². The Balaban J connectivity index is 1.63. The Bertz CT molecular complexity index is 742. The zero-order valence-electron chi connectivity index (χ0n) is 13.7. The van der Waals surface area contributed by atoms with Crippen molar-refractivity contribution < 1.29 is 14.3 Å². The number of carbonyl (C=O) groups excluding carboxylic acids is 1. The Labute approximate surface area is 150 Å². The summed E-state index contributed by atoms with van der Waals surface area (Å²) in [5.74, 6) is 1.50. The monoisotopic (exact) mass is 365 g/mol. The third kappa shape index (κ3) is 4.02. The van der Waals surface area contributed by atoms with E-state index in [0.29, 0.717) is 26.1 Å². The molecule has 0 saturated heterocycles. The van der Waals surface area contributed by atoms with Crippen LogP contribution in [0, 0.1) is 0 Å². The van der Waals surface area contributed by atoms with E-state index in [4.69, 9.17) is 21.1 Å². The minimum absolute atomic E-state index is 0.0133. The number of carbonyl (C=O) groups is 1. The molecule has 2 aromatic rings. The van der Waals surface area contributed by atoms with Crippen LogP contribution >= 0.6 is 22.9 Å². The van der Waals surface area contributed by atoms with Gasteiger partial charge in [-0.1, -0.05) is 17.7 Å². The fourth-order valence-corrected chi connectivity index (χ4v) is 3.73. The molecule has 0 saturated carbocycles. The zero-order chi connectivity index (χ0) is 17.2. The number of rotatable bonds is 5. The predicted molar refractivity (Wildman–Crippen MR) is 96.3 cm³/mol. The van der Waals surface area contributed by atoms with Crippen LogP contribution in [0.4, 0.5) is 0 Å². The summed E-state index contributed by atoms with van der Waals surface area (Å²) in [5.41, 5.74) is 0.499. The highest BCUT2D eigenvalue weighted by Gasteiger charge is 2.25. The number of nitrogens with one attached hydrogen (secondary N) is 1. The lowest BCUT2D eigenvalue weighted by molar-refractivity contribution is -0.122. The minimum Gasteiger partial charge on any atom is -0.486 e. The van der Waals surface area contributed by atoms with Gasteiger partial charge in [0.1, 0.15) is 13.2 Å². The van der Waals surface area contributed by atoms with Gasteiger partial charge in [0.15, 0.2) is 11.5 Å². The van der Waals surface area contributed by atoms with E-state index in [1.165, 1.54) is 11.3 Å². The van der Waals surface area contributed by atoms with E-state index in [9.17, 15) is 4.79 Å². The van der Waals surface area contributed by atoms with E-state index in [-0.39, 0.29) is 5.91 Å². The van der Waals surface area contributed by atoms with Gasteiger partial charge in [-0.05, 0) is 50.1 Å². The standard InChI is InChI=1S/C18H20ClNO3S/c1-18(2,12-3-6-14-15(11-12)23-10-9-22-14)20-17(21)8-5-13-4-7-16(19)24-13/h3-4,6-7,11H,5,8-10H2,1-2H3,(H,20,21). The second-order valence-electron chi connectivity index (χ2n) is 6.24. The lowest BCUT2D eigenvalue weighted by Gasteiger charge is -2.28. The molecule has 0 aliphatic carbocycles. The van der Waals surface area contributed by atoms with Crippen LogP contribution in [-0.2, 0) is 16.8 Å². The number of thiophene rings is 1. The van der Waals surface area contributed by atoms with Gasteiger partial charge in [0.05, 0.1) is 9.88 Å². The molecule has 1 amide bonds. The fraction of sp³-hybridized carbons (Fsp3) is 0.389. The molecule has 0 unspecified atom stereocenters. The number of halogens is 1. The first-order chi connectivity index (χ1) is 11.4. The fourth-order valence-electron chi connectivity index (χ4n) is 2.64. The molecule has 1 aromatic heterocycles. The highest BCUT2D eigenvalue weighted by atomic mass is 35.5. The molecule has 4 nitrogen and oxygen atoms in total. The van der Waals surface area contributed by atoms with E-state index in [2.05, 4.69) is 5.32 Å². The van der Waals surface area contributed by atoms with Crippen LogP contribution in [-0.4, -0.2) is 19.1 Å². The molecule has 1 aliphatic heterocycles. The second-order valence-corrected chi connectivity index (χ2v) is 8.04.